The van der Waals surface area contributed by atoms with Crippen LogP contribution in [0.3, 0.4) is 0 Å². The van der Waals surface area contributed by atoms with Gasteiger partial charge in [0, 0.05) is 38.4 Å². The van der Waals surface area contributed by atoms with Crippen LogP contribution in [0.15, 0.2) is 34.2 Å². The van der Waals surface area contributed by atoms with Gasteiger partial charge < -0.3 is 15.5 Å². The fourth-order valence-corrected chi connectivity index (χ4v) is 3.19. The molecule has 0 bridgehead atoms. The van der Waals surface area contributed by atoms with Crippen LogP contribution in [0.25, 0.3) is 0 Å². The molecule has 1 amide bonds. The molecule has 1 aliphatic rings. The number of carbonyl (C=O) groups excluding carboxylic acids is 1. The Morgan fingerprint density at radius 1 is 1.33 bits per heavy atom. The average Bonchev–Trinajstić information content (AvgIpc) is 2.60. The minimum Gasteiger partial charge on any atom is -0.369 e. The summed E-state index contributed by atoms with van der Waals surface area (Å²) in [6.07, 6.45) is 3.59. The van der Waals surface area contributed by atoms with Crippen LogP contribution in [-0.2, 0) is 0 Å². The summed E-state index contributed by atoms with van der Waals surface area (Å²) in [6, 6.07) is 4.99. The summed E-state index contributed by atoms with van der Waals surface area (Å²) in [5, 5.41) is 0.731. The van der Waals surface area contributed by atoms with Crippen LogP contribution in [0.4, 0.5) is 11.8 Å². The van der Waals surface area contributed by atoms with Crippen molar-refractivity contribution in [1.82, 2.24) is 19.9 Å². The van der Waals surface area contributed by atoms with Crippen molar-refractivity contribution in [1.29, 1.82) is 0 Å². The lowest BCUT2D eigenvalue weighted by Crippen LogP contribution is -2.49. The summed E-state index contributed by atoms with van der Waals surface area (Å²) in [6.45, 7) is 2.29. The van der Waals surface area contributed by atoms with E-state index in [1.54, 1.807) is 23.2 Å². The monoisotopic (exact) mass is 346 g/mol. The van der Waals surface area contributed by atoms with Crippen molar-refractivity contribution in [2.75, 3.05) is 43.1 Å². The maximum Gasteiger partial charge on any atom is 0.256 e. The highest BCUT2D eigenvalue weighted by Crippen LogP contribution is 2.20. The van der Waals surface area contributed by atoms with Crippen molar-refractivity contribution in [2.24, 2.45) is 0 Å². The summed E-state index contributed by atoms with van der Waals surface area (Å²) in [5.41, 5.74) is 5.92. The smallest absolute Gasteiger partial charge is 0.256 e. The first-order chi connectivity index (χ1) is 11.6. The Bertz CT molecular complexity index is 801. The molecule has 3 rings (SSSR count). The number of carbonyl (C=O) groups is 1. The van der Waals surface area contributed by atoms with E-state index in [4.69, 9.17) is 5.73 Å². The van der Waals surface area contributed by atoms with Crippen LogP contribution in [0.2, 0.25) is 0 Å². The number of hydrogen-bond acceptors (Lipinski definition) is 7. The van der Waals surface area contributed by atoms with E-state index in [1.807, 2.05) is 11.2 Å². The van der Waals surface area contributed by atoms with Crippen molar-refractivity contribution in [3.05, 3.63) is 40.3 Å². The highest BCUT2D eigenvalue weighted by molar-refractivity contribution is 7.98. The largest absolute Gasteiger partial charge is 0.369 e. The quantitative estimate of drug-likeness (QED) is 0.776. The molecule has 1 aliphatic heterocycles. The number of piperazine rings is 1. The lowest BCUT2D eigenvalue weighted by atomic mass is 10.2. The summed E-state index contributed by atoms with van der Waals surface area (Å²) >= 11 is 1.46. The fourth-order valence-electron chi connectivity index (χ4n) is 2.65. The SMILES string of the molecule is CSc1ncccc1C(=O)N1CCN(c2cc(=O)[nH]c(N)n2)CC1. The third-order valence-electron chi connectivity index (χ3n) is 3.83. The third-order valence-corrected chi connectivity index (χ3v) is 4.54. The van der Waals surface area contributed by atoms with Gasteiger partial charge >= 0.3 is 0 Å². The van der Waals surface area contributed by atoms with E-state index in [-0.39, 0.29) is 17.4 Å². The number of hydrogen-bond donors (Lipinski definition) is 2. The number of nitrogen functional groups attached to an aromatic ring is 1. The zero-order valence-corrected chi connectivity index (χ0v) is 14.0. The summed E-state index contributed by atoms with van der Waals surface area (Å²) in [4.78, 5) is 38.8. The number of rotatable bonds is 3. The van der Waals surface area contributed by atoms with Crippen molar-refractivity contribution >= 4 is 29.4 Å². The van der Waals surface area contributed by atoms with E-state index in [1.165, 1.54) is 17.8 Å². The first kappa shape index (κ1) is 16.3. The van der Waals surface area contributed by atoms with Crippen molar-refractivity contribution in [3.8, 4) is 0 Å². The minimum atomic E-state index is -0.282. The lowest BCUT2D eigenvalue weighted by Gasteiger charge is -2.35. The van der Waals surface area contributed by atoms with E-state index in [9.17, 15) is 9.59 Å². The summed E-state index contributed by atoms with van der Waals surface area (Å²) in [7, 11) is 0. The van der Waals surface area contributed by atoms with Gasteiger partial charge in [-0.15, -0.1) is 11.8 Å². The van der Waals surface area contributed by atoms with Gasteiger partial charge in [-0.3, -0.25) is 14.6 Å². The Hall–Kier alpha value is -2.55. The number of nitrogens with one attached hydrogen (secondary N) is 1. The van der Waals surface area contributed by atoms with E-state index in [0.29, 0.717) is 37.6 Å². The van der Waals surface area contributed by atoms with Crippen LogP contribution in [0.5, 0.6) is 0 Å². The minimum absolute atomic E-state index is 0.0227. The van der Waals surface area contributed by atoms with Gasteiger partial charge in [0.2, 0.25) is 5.95 Å². The second-order valence-electron chi connectivity index (χ2n) is 5.33. The highest BCUT2D eigenvalue weighted by atomic mass is 32.2. The predicted molar refractivity (Wildman–Crippen MR) is 93.4 cm³/mol. The van der Waals surface area contributed by atoms with Gasteiger partial charge in [-0.25, -0.2) is 4.98 Å². The van der Waals surface area contributed by atoms with Crippen LogP contribution in [-0.4, -0.2) is 58.2 Å². The van der Waals surface area contributed by atoms with Crippen LogP contribution in [0.1, 0.15) is 10.4 Å². The third kappa shape index (κ3) is 3.35. The molecule has 0 unspecified atom stereocenters. The second-order valence-corrected chi connectivity index (χ2v) is 6.12. The molecule has 0 saturated carbocycles. The zero-order valence-electron chi connectivity index (χ0n) is 13.2. The van der Waals surface area contributed by atoms with Gasteiger partial charge in [0.15, 0.2) is 0 Å². The molecule has 3 N–H and O–H groups in total. The maximum absolute atomic E-state index is 12.7. The summed E-state index contributed by atoms with van der Waals surface area (Å²) in [5.74, 6) is 0.607. The maximum atomic E-state index is 12.7. The molecule has 3 heterocycles. The normalized spacial score (nSPS) is 14.7. The number of thioether (sulfide) groups is 1. The number of aromatic amines is 1. The average molecular weight is 346 g/mol. The Morgan fingerprint density at radius 2 is 2.08 bits per heavy atom. The Morgan fingerprint density at radius 3 is 2.75 bits per heavy atom. The predicted octanol–water partition coefficient (Wildman–Crippen LogP) is 0.431. The number of anilines is 2. The topological polar surface area (TPSA) is 108 Å². The molecule has 0 aromatic carbocycles. The molecule has 0 spiro atoms. The van der Waals surface area contributed by atoms with E-state index in [2.05, 4.69) is 15.0 Å². The number of H-pyrrole nitrogens is 1. The zero-order chi connectivity index (χ0) is 17.1. The Labute approximate surface area is 143 Å². The van der Waals surface area contributed by atoms with Gasteiger partial charge in [0.25, 0.3) is 11.5 Å². The summed E-state index contributed by atoms with van der Waals surface area (Å²) < 4.78 is 0. The number of nitrogens with zero attached hydrogens (tertiary/aromatic N) is 4. The molecule has 0 aliphatic carbocycles. The van der Waals surface area contributed by atoms with Crippen molar-refractivity contribution < 1.29 is 4.79 Å². The molecular formula is C15H18N6O2S. The van der Waals surface area contributed by atoms with E-state index in [0.717, 1.165) is 5.03 Å². The molecule has 8 nitrogen and oxygen atoms in total. The number of aromatic nitrogens is 3. The molecule has 9 heteroatoms. The molecule has 2 aromatic rings. The van der Waals surface area contributed by atoms with Gasteiger partial charge in [-0.05, 0) is 18.4 Å². The van der Waals surface area contributed by atoms with Gasteiger partial charge in [-0.1, -0.05) is 0 Å². The first-order valence-corrected chi connectivity index (χ1v) is 8.71. The second kappa shape index (κ2) is 6.91. The van der Waals surface area contributed by atoms with Gasteiger partial charge in [-0.2, -0.15) is 4.98 Å². The number of nitrogens with two attached hydrogens (primary N) is 1. The van der Waals surface area contributed by atoms with Crippen molar-refractivity contribution in [2.45, 2.75) is 5.03 Å². The number of pyridine rings is 1. The van der Waals surface area contributed by atoms with Crippen LogP contribution >= 0.6 is 11.8 Å². The number of amides is 1. The standard InChI is InChI=1S/C15H18N6O2S/c1-24-13-10(3-2-4-17-13)14(23)21-7-5-20(6-8-21)11-9-12(22)19-15(16)18-11/h2-4,9H,5-8H2,1H3,(H3,16,18,19,22). The first-order valence-electron chi connectivity index (χ1n) is 7.48. The van der Waals surface area contributed by atoms with E-state index >= 15 is 0 Å². The molecular weight excluding hydrogens is 328 g/mol. The van der Waals surface area contributed by atoms with Gasteiger partial charge in [0.1, 0.15) is 10.8 Å². The lowest BCUT2D eigenvalue weighted by molar-refractivity contribution is 0.0742. The Balaban J connectivity index is 1.70. The van der Waals surface area contributed by atoms with Gasteiger partial charge in [0.05, 0.1) is 5.56 Å². The molecule has 2 aromatic heterocycles. The molecule has 0 radical (unpaired) electrons. The molecule has 126 valence electrons. The fraction of sp³-hybridized carbons (Fsp3) is 0.333. The molecule has 1 saturated heterocycles. The Kier molecular flexibility index (Phi) is 4.70. The molecule has 0 atom stereocenters. The van der Waals surface area contributed by atoms with Crippen molar-refractivity contribution in [3.63, 3.8) is 0 Å². The van der Waals surface area contributed by atoms with Crippen LogP contribution < -0.4 is 16.2 Å². The molecule has 24 heavy (non-hydrogen) atoms. The highest BCUT2D eigenvalue weighted by Gasteiger charge is 2.24. The molecule has 1 fully saturated rings. The van der Waals surface area contributed by atoms with Crippen LogP contribution in [0, 0.1) is 0 Å². The van der Waals surface area contributed by atoms with E-state index < -0.39 is 0 Å².